The van der Waals surface area contributed by atoms with Crippen molar-refractivity contribution in [2.75, 3.05) is 22.1 Å². The van der Waals surface area contributed by atoms with E-state index in [2.05, 4.69) is 15.6 Å². The van der Waals surface area contributed by atoms with Crippen molar-refractivity contribution in [2.24, 2.45) is 4.99 Å². The molecular weight excluding hydrogens is 506 g/mol. The van der Waals surface area contributed by atoms with Gasteiger partial charge in [-0.1, -0.05) is 29.4 Å². The molecule has 0 aromatic heterocycles. The molecule has 10 heteroatoms. The van der Waals surface area contributed by atoms with E-state index in [0.29, 0.717) is 32.9 Å². The Balaban J connectivity index is 1.23. The van der Waals surface area contributed by atoms with Gasteiger partial charge in [-0.05, 0) is 73.2 Å². The first kappa shape index (κ1) is 23.7. The van der Waals surface area contributed by atoms with Gasteiger partial charge in [-0.25, -0.2) is 8.42 Å². The maximum absolute atomic E-state index is 12.9. The highest BCUT2D eigenvalue weighted by Gasteiger charge is 2.42. The van der Waals surface area contributed by atoms with Gasteiger partial charge in [0.2, 0.25) is 0 Å². The second kappa shape index (κ2) is 9.56. The molecular formula is C25H22ClN3O4S2. The van der Waals surface area contributed by atoms with Crippen LogP contribution in [0, 0.1) is 6.92 Å². The Morgan fingerprint density at radius 1 is 1.03 bits per heavy atom. The molecule has 0 spiro atoms. The van der Waals surface area contributed by atoms with Crippen LogP contribution in [0.4, 0.5) is 11.4 Å². The molecule has 3 aromatic carbocycles. The van der Waals surface area contributed by atoms with Crippen LogP contribution in [0.2, 0.25) is 5.02 Å². The van der Waals surface area contributed by atoms with Crippen LogP contribution in [0.5, 0.6) is 11.5 Å². The van der Waals surface area contributed by atoms with E-state index < -0.39 is 9.84 Å². The van der Waals surface area contributed by atoms with E-state index in [9.17, 15) is 13.2 Å². The molecule has 0 bridgehead atoms. The molecule has 3 aromatic rings. The number of nitrogens with zero attached hydrogens (tertiary/aromatic N) is 1. The number of thioether (sulfide) groups is 1. The number of halogens is 1. The SMILES string of the molecule is Cc1ccc(C(=O)Nc2ccc(Oc3ccc(Cl)cc3)cc2)cc1NC1=N[C@H]2CS(=O)(=O)C[C@@H]2S1. The van der Waals surface area contributed by atoms with E-state index in [4.69, 9.17) is 16.3 Å². The fourth-order valence-corrected chi connectivity index (χ4v) is 7.67. The van der Waals surface area contributed by atoms with Crippen LogP contribution in [0.25, 0.3) is 0 Å². The smallest absolute Gasteiger partial charge is 0.255 e. The molecule has 0 radical (unpaired) electrons. The zero-order valence-corrected chi connectivity index (χ0v) is 21.1. The van der Waals surface area contributed by atoms with Crippen LogP contribution in [-0.4, -0.2) is 42.3 Å². The number of anilines is 2. The maximum atomic E-state index is 12.9. The number of amidine groups is 1. The summed E-state index contributed by atoms with van der Waals surface area (Å²) in [6.45, 7) is 1.94. The Kier molecular flexibility index (Phi) is 6.48. The standard InChI is InChI=1S/C25H22ClN3O4S2/c1-15-2-3-16(12-21(15)28-25-29-22-13-35(31,32)14-23(22)34-25)24(30)27-18-6-10-20(11-7-18)33-19-8-4-17(26)5-9-19/h2-12,22-23H,13-14H2,1H3,(H,27,30)(H,28,29)/t22-,23-/m0/s1. The van der Waals surface area contributed by atoms with Crippen molar-refractivity contribution < 1.29 is 17.9 Å². The number of nitrogens with one attached hydrogen (secondary N) is 2. The normalized spacial score (nSPS) is 20.1. The minimum atomic E-state index is -3.00. The molecule has 1 saturated heterocycles. The molecule has 2 atom stereocenters. The van der Waals surface area contributed by atoms with Crippen molar-refractivity contribution >= 4 is 55.6 Å². The van der Waals surface area contributed by atoms with Gasteiger partial charge >= 0.3 is 0 Å². The zero-order chi connectivity index (χ0) is 24.6. The van der Waals surface area contributed by atoms with Crippen LogP contribution in [-0.2, 0) is 9.84 Å². The molecule has 35 heavy (non-hydrogen) atoms. The molecule has 0 aliphatic carbocycles. The highest BCUT2D eigenvalue weighted by molar-refractivity contribution is 8.15. The summed E-state index contributed by atoms with van der Waals surface area (Å²) in [5.74, 6) is 1.31. The van der Waals surface area contributed by atoms with Gasteiger partial charge in [0.1, 0.15) is 11.5 Å². The molecule has 180 valence electrons. The third kappa shape index (κ3) is 5.63. The van der Waals surface area contributed by atoms with Crippen molar-refractivity contribution in [1.82, 2.24) is 0 Å². The fourth-order valence-electron chi connectivity index (χ4n) is 3.88. The third-order valence-corrected chi connectivity index (χ3v) is 9.11. The molecule has 1 amide bonds. The van der Waals surface area contributed by atoms with E-state index in [1.807, 2.05) is 13.0 Å². The first-order chi connectivity index (χ1) is 16.7. The van der Waals surface area contributed by atoms with Crippen LogP contribution in [0.1, 0.15) is 15.9 Å². The van der Waals surface area contributed by atoms with Gasteiger partial charge in [0.05, 0.1) is 17.5 Å². The monoisotopic (exact) mass is 527 g/mol. The number of hydrogen-bond acceptors (Lipinski definition) is 7. The quantitative estimate of drug-likeness (QED) is 0.463. The van der Waals surface area contributed by atoms with Crippen molar-refractivity contribution in [3.8, 4) is 11.5 Å². The number of amides is 1. The summed E-state index contributed by atoms with van der Waals surface area (Å²) in [6.07, 6.45) is 0. The van der Waals surface area contributed by atoms with Crippen molar-refractivity contribution in [2.45, 2.75) is 18.2 Å². The predicted molar refractivity (Wildman–Crippen MR) is 142 cm³/mol. The summed E-state index contributed by atoms with van der Waals surface area (Å²) in [5, 5.41) is 7.45. The molecule has 2 N–H and O–H groups in total. The first-order valence-electron chi connectivity index (χ1n) is 10.9. The highest BCUT2D eigenvalue weighted by Crippen LogP contribution is 2.35. The summed E-state index contributed by atoms with van der Waals surface area (Å²) in [5.41, 5.74) is 2.85. The van der Waals surface area contributed by atoms with Crippen molar-refractivity contribution in [1.29, 1.82) is 0 Å². The average molecular weight is 528 g/mol. The van der Waals surface area contributed by atoms with E-state index >= 15 is 0 Å². The number of benzene rings is 3. The number of carbonyl (C=O) groups excluding carboxylic acids is 1. The van der Waals surface area contributed by atoms with Gasteiger partial charge in [0.25, 0.3) is 5.91 Å². The lowest BCUT2D eigenvalue weighted by molar-refractivity contribution is 0.102. The van der Waals surface area contributed by atoms with E-state index in [1.54, 1.807) is 60.7 Å². The van der Waals surface area contributed by atoms with Crippen molar-refractivity contribution in [3.63, 3.8) is 0 Å². The lowest BCUT2D eigenvalue weighted by Crippen LogP contribution is -2.14. The minimum absolute atomic E-state index is 0.0408. The Morgan fingerprint density at radius 3 is 2.40 bits per heavy atom. The number of hydrogen-bond donors (Lipinski definition) is 2. The molecule has 5 rings (SSSR count). The minimum Gasteiger partial charge on any atom is -0.457 e. The zero-order valence-electron chi connectivity index (χ0n) is 18.7. The summed E-state index contributed by atoms with van der Waals surface area (Å²) in [4.78, 5) is 17.4. The first-order valence-corrected chi connectivity index (χ1v) is 14.0. The average Bonchev–Trinajstić information content (AvgIpc) is 3.30. The van der Waals surface area contributed by atoms with Gasteiger partial charge in [-0.3, -0.25) is 9.79 Å². The van der Waals surface area contributed by atoms with E-state index in [1.165, 1.54) is 11.8 Å². The van der Waals surface area contributed by atoms with Gasteiger partial charge in [0, 0.05) is 27.2 Å². The second-order valence-electron chi connectivity index (χ2n) is 8.42. The number of aliphatic imine (C=N–C) groups is 1. The summed E-state index contributed by atoms with van der Waals surface area (Å²) >= 11 is 7.34. The summed E-state index contributed by atoms with van der Waals surface area (Å²) in [7, 11) is -3.00. The topological polar surface area (TPSA) is 96.9 Å². The van der Waals surface area contributed by atoms with Gasteiger partial charge in [0.15, 0.2) is 15.0 Å². The fraction of sp³-hybridized carbons (Fsp3) is 0.200. The Labute approximate surface area is 212 Å². The molecule has 2 aliphatic heterocycles. The van der Waals surface area contributed by atoms with Gasteiger partial charge in [-0.2, -0.15) is 0 Å². The van der Waals surface area contributed by atoms with Gasteiger partial charge < -0.3 is 15.4 Å². The predicted octanol–water partition coefficient (Wildman–Crippen LogP) is 5.37. The van der Waals surface area contributed by atoms with Crippen LogP contribution in [0.3, 0.4) is 0 Å². The molecule has 7 nitrogen and oxygen atoms in total. The van der Waals surface area contributed by atoms with Crippen molar-refractivity contribution in [3.05, 3.63) is 82.9 Å². The van der Waals surface area contributed by atoms with Gasteiger partial charge in [-0.15, -0.1) is 0 Å². The summed E-state index contributed by atoms with van der Waals surface area (Å²) < 4.78 is 29.4. The van der Waals surface area contributed by atoms with E-state index in [-0.39, 0.29) is 28.7 Å². The highest BCUT2D eigenvalue weighted by atomic mass is 35.5. The lowest BCUT2D eigenvalue weighted by Gasteiger charge is -2.12. The Morgan fingerprint density at radius 2 is 1.71 bits per heavy atom. The Bertz CT molecular complexity index is 1410. The molecule has 2 heterocycles. The number of carbonyl (C=O) groups is 1. The molecule has 0 saturated carbocycles. The second-order valence-corrected chi connectivity index (χ2v) is 12.2. The summed E-state index contributed by atoms with van der Waals surface area (Å²) in [6, 6.07) is 19.4. The van der Waals surface area contributed by atoms with Crippen LogP contribution in [0.15, 0.2) is 71.7 Å². The van der Waals surface area contributed by atoms with Crippen LogP contribution >= 0.6 is 23.4 Å². The number of rotatable bonds is 5. The molecule has 1 fully saturated rings. The Hall–Kier alpha value is -3.01. The number of aryl methyl sites for hydroxylation is 1. The van der Waals surface area contributed by atoms with Crippen LogP contribution < -0.4 is 15.4 Å². The third-order valence-electron chi connectivity index (χ3n) is 5.72. The maximum Gasteiger partial charge on any atom is 0.255 e. The molecule has 0 unspecified atom stereocenters. The lowest BCUT2D eigenvalue weighted by atomic mass is 10.1. The number of ether oxygens (including phenoxy) is 1. The largest absolute Gasteiger partial charge is 0.457 e. The number of sulfone groups is 1. The number of fused-ring (bicyclic) bond motifs is 1. The molecule has 2 aliphatic rings. The van der Waals surface area contributed by atoms with E-state index in [0.717, 1.165) is 11.3 Å².